The fourth-order valence-electron chi connectivity index (χ4n) is 3.58. The first-order valence-corrected chi connectivity index (χ1v) is 13.9. The third kappa shape index (κ3) is 9.00. The lowest BCUT2D eigenvalue weighted by atomic mass is 10.1. The molecule has 3 aromatic carbocycles. The van der Waals surface area contributed by atoms with Crippen LogP contribution >= 0.6 is 11.6 Å². The normalized spacial score (nSPS) is 12.0. The van der Waals surface area contributed by atoms with Crippen LogP contribution in [0.1, 0.15) is 26.3 Å². The second-order valence-electron chi connectivity index (χ2n) is 9.55. The van der Waals surface area contributed by atoms with E-state index < -0.39 is 16.4 Å². The molecule has 0 unspecified atom stereocenters. The van der Waals surface area contributed by atoms with Gasteiger partial charge in [-0.25, -0.2) is 13.1 Å². The molecule has 4 aromatic rings. The van der Waals surface area contributed by atoms with E-state index in [2.05, 4.69) is 19.2 Å². The summed E-state index contributed by atoms with van der Waals surface area (Å²) in [5.74, 6) is -0.372. The van der Waals surface area contributed by atoms with E-state index in [1.54, 1.807) is 12.1 Å². The summed E-state index contributed by atoms with van der Waals surface area (Å²) in [6, 6.07) is 19.8. The number of rotatable bonds is 8. The van der Waals surface area contributed by atoms with Crippen molar-refractivity contribution in [3.63, 3.8) is 0 Å². The Balaban J connectivity index is 0.000000559. The molecule has 214 valence electrons. The van der Waals surface area contributed by atoms with E-state index in [9.17, 15) is 26.4 Å². The summed E-state index contributed by atoms with van der Waals surface area (Å²) in [6.07, 6.45) is -4.85. The summed E-state index contributed by atoms with van der Waals surface area (Å²) in [6.45, 7) is 5.78. The predicted octanol–water partition coefficient (Wildman–Crippen LogP) is 6.87. The molecule has 0 saturated heterocycles. The average Bonchev–Trinajstić information content (AvgIpc) is 3.28. The van der Waals surface area contributed by atoms with Crippen molar-refractivity contribution in [3.8, 4) is 17.0 Å². The van der Waals surface area contributed by atoms with E-state index in [0.717, 1.165) is 16.6 Å². The largest absolute Gasteiger partial charge is 0.573 e. The zero-order chi connectivity index (χ0) is 29.6. The summed E-state index contributed by atoms with van der Waals surface area (Å²) in [5, 5.41) is 1.01. The summed E-state index contributed by atoms with van der Waals surface area (Å²) in [4.78, 5) is 12.7. The van der Waals surface area contributed by atoms with Gasteiger partial charge in [0.25, 0.3) is 6.47 Å². The molecule has 2 N–H and O–H groups in total. The summed E-state index contributed by atoms with van der Waals surface area (Å²) < 4.78 is 74.5. The van der Waals surface area contributed by atoms with E-state index in [1.807, 2.05) is 51.1 Å². The fraction of sp³-hybridized carbons (Fsp3) is 0.250. The average molecular weight is 597 g/mol. The summed E-state index contributed by atoms with van der Waals surface area (Å²) >= 11 is 6.17. The van der Waals surface area contributed by atoms with Crippen LogP contribution < -0.4 is 9.46 Å². The molecular formula is C28H28ClF3N2O5S. The van der Waals surface area contributed by atoms with Crippen molar-refractivity contribution in [2.75, 3.05) is 6.54 Å². The van der Waals surface area contributed by atoms with Gasteiger partial charge >= 0.3 is 6.36 Å². The lowest BCUT2D eigenvalue weighted by molar-refractivity contribution is -0.274. The Hall–Kier alpha value is -3.54. The smallest absolute Gasteiger partial charge is 0.462 e. The molecule has 40 heavy (non-hydrogen) atoms. The van der Waals surface area contributed by atoms with E-state index in [-0.39, 0.29) is 39.8 Å². The number of hydrogen-bond acceptors (Lipinski definition) is 5. The molecule has 0 aliphatic heterocycles. The van der Waals surface area contributed by atoms with Crippen LogP contribution in [-0.2, 0) is 26.0 Å². The molecular weight excluding hydrogens is 569 g/mol. The number of halogens is 4. The van der Waals surface area contributed by atoms with E-state index in [4.69, 9.17) is 11.6 Å². The minimum atomic E-state index is -4.84. The molecule has 0 radical (unpaired) electrons. The molecule has 0 saturated carbocycles. The number of para-hydroxylation sites is 2. The molecule has 4 rings (SSSR count). The van der Waals surface area contributed by atoms with Gasteiger partial charge in [0.05, 0.1) is 5.02 Å². The van der Waals surface area contributed by atoms with Crippen molar-refractivity contribution < 1.29 is 35.9 Å². The highest BCUT2D eigenvalue weighted by Gasteiger charge is 2.32. The Morgan fingerprint density at radius 1 is 0.975 bits per heavy atom. The zero-order valence-electron chi connectivity index (χ0n) is 21.9. The number of fused-ring (bicyclic) bond motifs is 1. The molecule has 0 fully saturated rings. The van der Waals surface area contributed by atoms with Crippen molar-refractivity contribution in [2.45, 2.75) is 44.1 Å². The van der Waals surface area contributed by atoms with Crippen LogP contribution in [0.2, 0.25) is 5.02 Å². The van der Waals surface area contributed by atoms with Gasteiger partial charge in [0.1, 0.15) is 16.2 Å². The Kier molecular flexibility index (Phi) is 9.88. The molecule has 1 heterocycles. The number of carbonyl (C=O) groups excluding carboxylic acids is 1. The molecule has 0 aliphatic carbocycles. The number of H-pyrrole nitrogens is 1. The SMILES string of the molecule is CC(C)(C)OC=O.O=S(=O)(NCCc1ccccc1OC(F)(F)F)c1cc(-c2cc3ccccc3[nH]2)ccc1Cl. The molecule has 12 heteroatoms. The first-order valence-electron chi connectivity index (χ1n) is 12.0. The molecule has 7 nitrogen and oxygen atoms in total. The molecule has 0 atom stereocenters. The topological polar surface area (TPSA) is 97.5 Å². The molecule has 0 amide bonds. The maximum absolute atomic E-state index is 12.9. The fourth-order valence-corrected chi connectivity index (χ4v) is 5.14. The van der Waals surface area contributed by atoms with Crippen molar-refractivity contribution in [1.29, 1.82) is 0 Å². The highest BCUT2D eigenvalue weighted by molar-refractivity contribution is 7.89. The Labute approximate surface area is 235 Å². The maximum atomic E-state index is 12.9. The molecule has 0 spiro atoms. The van der Waals surface area contributed by atoms with Gasteiger partial charge in [0, 0.05) is 23.1 Å². The van der Waals surface area contributed by atoms with Crippen molar-refractivity contribution in [3.05, 3.63) is 83.4 Å². The highest BCUT2D eigenvalue weighted by atomic mass is 35.5. The number of benzene rings is 3. The van der Waals surface area contributed by atoms with Gasteiger partial charge in [-0.2, -0.15) is 0 Å². The van der Waals surface area contributed by atoms with Crippen LogP contribution in [0.25, 0.3) is 22.2 Å². The minimum absolute atomic E-state index is 0.00912. The van der Waals surface area contributed by atoms with Crippen LogP contribution in [0.3, 0.4) is 0 Å². The van der Waals surface area contributed by atoms with Crippen molar-refractivity contribution >= 4 is 39.0 Å². The molecule has 0 aliphatic rings. The van der Waals surface area contributed by atoms with E-state index in [0.29, 0.717) is 12.0 Å². The Morgan fingerprint density at radius 2 is 1.65 bits per heavy atom. The number of hydrogen-bond donors (Lipinski definition) is 2. The third-order valence-corrected chi connectivity index (χ3v) is 7.29. The number of aromatic nitrogens is 1. The predicted molar refractivity (Wildman–Crippen MR) is 148 cm³/mol. The first-order chi connectivity index (χ1) is 18.7. The third-order valence-electron chi connectivity index (χ3n) is 5.35. The summed E-state index contributed by atoms with van der Waals surface area (Å²) in [7, 11) is -4.03. The van der Waals surface area contributed by atoms with Gasteiger partial charge in [-0.1, -0.05) is 54.1 Å². The minimum Gasteiger partial charge on any atom is -0.462 e. The maximum Gasteiger partial charge on any atom is 0.573 e. The number of alkyl halides is 3. The highest BCUT2D eigenvalue weighted by Crippen LogP contribution is 2.30. The van der Waals surface area contributed by atoms with E-state index >= 15 is 0 Å². The van der Waals surface area contributed by atoms with Crippen LogP contribution in [0.15, 0.2) is 77.7 Å². The van der Waals surface area contributed by atoms with Crippen molar-refractivity contribution in [1.82, 2.24) is 9.71 Å². The Morgan fingerprint density at radius 3 is 2.27 bits per heavy atom. The van der Waals surface area contributed by atoms with Crippen LogP contribution in [0, 0.1) is 0 Å². The van der Waals surface area contributed by atoms with Gasteiger partial charge < -0.3 is 14.5 Å². The summed E-state index contributed by atoms with van der Waals surface area (Å²) in [5.41, 5.74) is 2.16. The standard InChI is InChI=1S/C23H18ClF3N2O3S.C5H10O2/c24-18-10-9-17(20-13-16-6-1-3-7-19(16)29-20)14-22(18)33(30,31)28-12-11-15-5-2-4-8-21(15)32-23(25,26)27;1-5(2,3)7-4-6/h1-10,13-14,28-29H,11-12H2;4H,1-3H3. The van der Waals surface area contributed by atoms with Crippen LogP contribution in [-0.4, -0.2) is 38.4 Å². The second-order valence-corrected chi connectivity index (χ2v) is 11.7. The molecule has 1 aromatic heterocycles. The lowest BCUT2D eigenvalue weighted by Crippen LogP contribution is -2.26. The quantitative estimate of drug-likeness (QED) is 0.216. The number of sulfonamides is 1. The number of ether oxygens (including phenoxy) is 2. The van der Waals surface area contributed by atoms with Gasteiger partial charge in [0.2, 0.25) is 10.0 Å². The Bertz CT molecular complexity index is 1530. The van der Waals surface area contributed by atoms with Gasteiger partial charge in [-0.05, 0) is 68.7 Å². The first kappa shape index (κ1) is 31.0. The van der Waals surface area contributed by atoms with Gasteiger partial charge in [-0.15, -0.1) is 13.2 Å². The van der Waals surface area contributed by atoms with Gasteiger partial charge in [-0.3, -0.25) is 4.79 Å². The number of nitrogens with one attached hydrogen (secondary N) is 2. The molecule has 0 bridgehead atoms. The van der Waals surface area contributed by atoms with Crippen molar-refractivity contribution in [2.24, 2.45) is 0 Å². The van der Waals surface area contributed by atoms with E-state index in [1.165, 1.54) is 30.3 Å². The zero-order valence-corrected chi connectivity index (χ0v) is 23.5. The van der Waals surface area contributed by atoms with Crippen LogP contribution in [0.4, 0.5) is 13.2 Å². The van der Waals surface area contributed by atoms with Gasteiger partial charge in [0.15, 0.2) is 0 Å². The van der Waals surface area contributed by atoms with Crippen LogP contribution in [0.5, 0.6) is 5.75 Å². The number of aromatic amines is 1. The second kappa shape index (κ2) is 12.8. The lowest BCUT2D eigenvalue weighted by Gasteiger charge is -2.14. The monoisotopic (exact) mass is 596 g/mol. The number of carbonyl (C=O) groups is 1.